The zero-order valence-corrected chi connectivity index (χ0v) is 16.8. The third-order valence-corrected chi connectivity index (χ3v) is 5.12. The van der Waals surface area contributed by atoms with Crippen LogP contribution in [0.15, 0.2) is 60.0 Å². The van der Waals surface area contributed by atoms with E-state index in [2.05, 4.69) is 17.4 Å². The van der Waals surface area contributed by atoms with Crippen LogP contribution in [0, 0.1) is 0 Å². The molecule has 0 fully saturated rings. The number of amides is 1. The smallest absolute Gasteiger partial charge is 0.408 e. The first-order valence-corrected chi connectivity index (χ1v) is 10.1. The summed E-state index contributed by atoms with van der Waals surface area (Å²) in [5.74, 6) is 0.817. The minimum atomic E-state index is -0.528. The Hall–Kier alpha value is -2.24. The van der Waals surface area contributed by atoms with Crippen molar-refractivity contribution in [3.63, 3.8) is 0 Å². The fraction of sp³-hybridized carbons (Fsp3) is 0.286. The van der Waals surface area contributed by atoms with E-state index in [0.29, 0.717) is 6.42 Å². The van der Waals surface area contributed by atoms with Crippen molar-refractivity contribution >= 4 is 39.8 Å². The van der Waals surface area contributed by atoms with E-state index >= 15 is 0 Å². The van der Waals surface area contributed by atoms with Gasteiger partial charge in [0.1, 0.15) is 23.5 Å². The van der Waals surface area contributed by atoms with E-state index in [1.807, 2.05) is 54.8 Å². The highest BCUT2D eigenvalue weighted by Gasteiger charge is 2.22. The summed E-state index contributed by atoms with van der Waals surface area (Å²) in [5, 5.41) is 6.72. The summed E-state index contributed by atoms with van der Waals surface area (Å²) >= 11 is 7.40. The number of carbonyl (C=O) groups excluding carboxylic acids is 1. The van der Waals surface area contributed by atoms with E-state index in [0.717, 1.165) is 21.4 Å². The second-order valence-electron chi connectivity index (χ2n) is 6.31. The fourth-order valence-corrected chi connectivity index (χ4v) is 3.73. The molecule has 0 aliphatic heterocycles. The summed E-state index contributed by atoms with van der Waals surface area (Å²) in [5.41, 5.74) is -0.482. The Kier molecular flexibility index (Phi) is 6.58. The van der Waals surface area contributed by atoms with E-state index in [4.69, 9.17) is 21.1 Å². The molecule has 142 valence electrons. The minimum Gasteiger partial charge on any atom is -0.484 e. The summed E-state index contributed by atoms with van der Waals surface area (Å²) in [6.45, 7) is 3.52. The molecule has 3 aromatic rings. The molecule has 27 heavy (non-hydrogen) atoms. The normalized spacial score (nSPS) is 14.3. The number of alkyl halides is 1. The highest BCUT2D eigenvalue weighted by Crippen LogP contribution is 2.33. The third kappa shape index (κ3) is 5.37. The number of hydrogen-bond donors (Lipinski definition) is 1. The summed E-state index contributed by atoms with van der Waals surface area (Å²) in [6.07, 6.45) is -0.539. The first-order valence-electron chi connectivity index (χ1n) is 8.82. The molecule has 0 bridgehead atoms. The highest BCUT2D eigenvalue weighted by molar-refractivity contribution is 7.10. The molecule has 0 saturated carbocycles. The van der Waals surface area contributed by atoms with E-state index in [9.17, 15) is 4.79 Å². The molecule has 2 unspecified atom stereocenters. The second-order valence-corrected chi connectivity index (χ2v) is 7.95. The number of ether oxygens (including phenoxy) is 2. The van der Waals surface area contributed by atoms with Gasteiger partial charge in [-0.05, 0) is 36.7 Å². The lowest BCUT2D eigenvalue weighted by molar-refractivity contribution is 0.0718. The molecule has 3 rings (SSSR count). The zero-order valence-electron chi connectivity index (χ0n) is 15.2. The number of fused-ring (bicyclic) bond motifs is 1. The Labute approximate surface area is 168 Å². The topological polar surface area (TPSA) is 47.6 Å². The molecule has 1 amide bonds. The molecule has 1 N–H and O–H groups in total. The van der Waals surface area contributed by atoms with Gasteiger partial charge in [-0.3, -0.25) is 0 Å². The average molecular weight is 404 g/mol. The molecule has 0 spiro atoms. The Bertz CT molecular complexity index is 877. The van der Waals surface area contributed by atoms with Gasteiger partial charge in [0.15, 0.2) is 0 Å². The van der Waals surface area contributed by atoms with Crippen LogP contribution in [0.25, 0.3) is 10.8 Å². The van der Waals surface area contributed by atoms with Crippen molar-refractivity contribution in [2.75, 3.05) is 0 Å². The van der Waals surface area contributed by atoms with Crippen LogP contribution in [0.1, 0.15) is 31.2 Å². The van der Waals surface area contributed by atoms with E-state index in [-0.39, 0.29) is 12.2 Å². The van der Waals surface area contributed by atoms with Gasteiger partial charge in [-0.15, -0.1) is 11.3 Å². The number of benzene rings is 2. The van der Waals surface area contributed by atoms with Crippen molar-refractivity contribution < 1.29 is 14.3 Å². The van der Waals surface area contributed by atoms with Gasteiger partial charge in [-0.1, -0.05) is 54.1 Å². The SMILES string of the molecule is CC(Cl)NC(=O)OC(C)C[C@H](Oc1cccc2ccccc12)c1cccs1. The van der Waals surface area contributed by atoms with Gasteiger partial charge < -0.3 is 14.8 Å². The molecule has 2 aromatic carbocycles. The lowest BCUT2D eigenvalue weighted by Gasteiger charge is -2.23. The quantitative estimate of drug-likeness (QED) is 0.382. The maximum atomic E-state index is 11.8. The number of hydrogen-bond acceptors (Lipinski definition) is 4. The number of alkyl carbamates (subject to hydrolysis) is 1. The summed E-state index contributed by atoms with van der Waals surface area (Å²) < 4.78 is 11.8. The molecular formula is C21H22ClNO3S. The lowest BCUT2D eigenvalue weighted by atomic mass is 10.1. The Morgan fingerprint density at radius 1 is 1.11 bits per heavy atom. The average Bonchev–Trinajstić information content (AvgIpc) is 3.15. The summed E-state index contributed by atoms with van der Waals surface area (Å²) in [7, 11) is 0. The van der Waals surface area contributed by atoms with Crippen molar-refractivity contribution in [2.24, 2.45) is 0 Å². The van der Waals surface area contributed by atoms with Crippen LogP contribution >= 0.6 is 22.9 Å². The summed E-state index contributed by atoms with van der Waals surface area (Å²) in [4.78, 5) is 12.9. The van der Waals surface area contributed by atoms with Crippen LogP contribution in [0.2, 0.25) is 0 Å². The highest BCUT2D eigenvalue weighted by atomic mass is 35.5. The van der Waals surface area contributed by atoms with Crippen LogP contribution in [0.5, 0.6) is 5.75 Å². The monoisotopic (exact) mass is 403 g/mol. The number of nitrogens with one attached hydrogen (secondary N) is 1. The Balaban J connectivity index is 1.77. The number of carbonyl (C=O) groups is 1. The number of rotatable bonds is 7. The van der Waals surface area contributed by atoms with Crippen molar-refractivity contribution in [3.05, 3.63) is 64.9 Å². The first kappa shape index (κ1) is 19.5. The Morgan fingerprint density at radius 3 is 2.63 bits per heavy atom. The fourth-order valence-electron chi connectivity index (χ4n) is 2.88. The lowest BCUT2D eigenvalue weighted by Crippen LogP contribution is -2.32. The van der Waals surface area contributed by atoms with Crippen LogP contribution in [0.4, 0.5) is 4.79 Å². The van der Waals surface area contributed by atoms with Crippen LogP contribution in [0.3, 0.4) is 0 Å². The van der Waals surface area contributed by atoms with Gasteiger partial charge in [0, 0.05) is 16.7 Å². The molecule has 1 heterocycles. The third-order valence-electron chi connectivity index (χ3n) is 4.05. The molecule has 0 saturated heterocycles. The van der Waals surface area contributed by atoms with Gasteiger partial charge >= 0.3 is 6.09 Å². The van der Waals surface area contributed by atoms with Gasteiger partial charge in [-0.25, -0.2) is 4.79 Å². The molecular weight excluding hydrogens is 382 g/mol. The molecule has 6 heteroatoms. The van der Waals surface area contributed by atoms with E-state index in [1.165, 1.54) is 0 Å². The van der Waals surface area contributed by atoms with Crippen LogP contribution < -0.4 is 10.1 Å². The van der Waals surface area contributed by atoms with Crippen molar-refractivity contribution in [2.45, 2.75) is 38.0 Å². The maximum absolute atomic E-state index is 11.8. The maximum Gasteiger partial charge on any atom is 0.408 e. The van der Waals surface area contributed by atoms with Gasteiger partial charge in [0.05, 0.1) is 0 Å². The molecule has 3 atom stereocenters. The van der Waals surface area contributed by atoms with Crippen molar-refractivity contribution in [1.29, 1.82) is 0 Å². The minimum absolute atomic E-state index is 0.216. The van der Waals surface area contributed by atoms with E-state index < -0.39 is 11.6 Å². The van der Waals surface area contributed by atoms with E-state index in [1.54, 1.807) is 18.3 Å². The molecule has 1 aromatic heterocycles. The largest absolute Gasteiger partial charge is 0.484 e. The van der Waals surface area contributed by atoms with Gasteiger partial charge in [0.2, 0.25) is 0 Å². The molecule has 0 aliphatic carbocycles. The van der Waals surface area contributed by atoms with Gasteiger partial charge in [0.25, 0.3) is 0 Å². The molecule has 4 nitrogen and oxygen atoms in total. The van der Waals surface area contributed by atoms with Crippen LogP contribution in [-0.2, 0) is 4.74 Å². The number of thiophene rings is 1. The number of halogens is 1. The van der Waals surface area contributed by atoms with Crippen molar-refractivity contribution in [3.8, 4) is 5.75 Å². The first-order chi connectivity index (χ1) is 13.0. The zero-order chi connectivity index (χ0) is 19.2. The summed E-state index contributed by atoms with van der Waals surface area (Å²) in [6, 6.07) is 18.2. The second kappa shape index (κ2) is 9.11. The van der Waals surface area contributed by atoms with Crippen molar-refractivity contribution in [1.82, 2.24) is 5.32 Å². The standard InChI is InChI=1S/C21H22ClNO3S/c1-14(25-21(24)23-15(2)22)13-19(20-11-6-12-27-20)26-18-10-5-8-16-7-3-4-9-17(16)18/h3-12,14-15,19H,13H2,1-2H3,(H,23,24)/t14?,15?,19-/m0/s1. The van der Waals surface area contributed by atoms with Gasteiger partial charge in [-0.2, -0.15) is 0 Å². The van der Waals surface area contributed by atoms with Crippen LogP contribution in [-0.4, -0.2) is 17.7 Å². The predicted octanol–water partition coefficient (Wildman–Crippen LogP) is 6.11. The Morgan fingerprint density at radius 2 is 1.89 bits per heavy atom. The molecule has 0 aliphatic rings. The molecule has 0 radical (unpaired) electrons. The predicted molar refractivity (Wildman–Crippen MR) is 111 cm³/mol.